The van der Waals surface area contributed by atoms with E-state index in [9.17, 15) is 4.79 Å². The summed E-state index contributed by atoms with van der Waals surface area (Å²) in [5, 5.41) is 3.72. The van der Waals surface area contributed by atoms with Crippen molar-refractivity contribution in [2.75, 3.05) is 6.54 Å². The number of hydrogen-bond acceptors (Lipinski definition) is 5. The van der Waals surface area contributed by atoms with Gasteiger partial charge in [0.2, 0.25) is 0 Å². The smallest absolute Gasteiger partial charge is 0.267 e. The van der Waals surface area contributed by atoms with E-state index in [-0.39, 0.29) is 11.9 Å². The van der Waals surface area contributed by atoms with Gasteiger partial charge in [-0.1, -0.05) is 10.6 Å². The average Bonchev–Trinajstić information content (AvgIpc) is 3.10. The summed E-state index contributed by atoms with van der Waals surface area (Å²) < 4.78 is 3.74. The zero-order valence-electron chi connectivity index (χ0n) is 9.69. The van der Waals surface area contributed by atoms with Gasteiger partial charge in [0.15, 0.2) is 0 Å². The molecule has 0 N–H and O–H groups in total. The molecule has 1 aliphatic heterocycles. The van der Waals surface area contributed by atoms with Crippen LogP contribution in [0.5, 0.6) is 0 Å². The lowest BCUT2D eigenvalue weighted by molar-refractivity contribution is 0.0740. The van der Waals surface area contributed by atoms with Gasteiger partial charge in [-0.05, 0) is 36.0 Å². The Morgan fingerprint density at radius 2 is 2.39 bits per heavy atom. The fourth-order valence-corrected chi connectivity index (χ4v) is 2.80. The van der Waals surface area contributed by atoms with Crippen molar-refractivity contribution >= 4 is 17.4 Å². The summed E-state index contributed by atoms with van der Waals surface area (Å²) in [5.74, 6) is 0.0244. The summed E-state index contributed by atoms with van der Waals surface area (Å²) in [6.45, 7) is 0.788. The summed E-state index contributed by atoms with van der Waals surface area (Å²) >= 11 is 1.15. The molecule has 0 radical (unpaired) electrons. The third-order valence-electron chi connectivity index (χ3n) is 3.15. The standard InChI is InChI=1S/C12H12N4OS/c17-12(11-8-14-15-18-11)16-6-2-4-10(16)9-3-1-5-13-7-9/h1,3,5,7-8,10H,2,4,6H2. The molecule has 0 spiro atoms. The van der Waals surface area contributed by atoms with Gasteiger partial charge in [0.05, 0.1) is 12.2 Å². The van der Waals surface area contributed by atoms with Gasteiger partial charge in [0, 0.05) is 18.9 Å². The molecule has 1 atom stereocenters. The van der Waals surface area contributed by atoms with Crippen molar-refractivity contribution in [2.24, 2.45) is 0 Å². The van der Waals surface area contributed by atoms with Crippen molar-refractivity contribution in [1.82, 2.24) is 19.5 Å². The fraction of sp³-hybridized carbons (Fsp3) is 0.333. The summed E-state index contributed by atoms with van der Waals surface area (Å²) in [7, 11) is 0. The van der Waals surface area contributed by atoms with Crippen LogP contribution in [0.4, 0.5) is 0 Å². The maximum atomic E-state index is 12.3. The van der Waals surface area contributed by atoms with E-state index in [1.807, 2.05) is 23.2 Å². The first kappa shape index (κ1) is 11.3. The van der Waals surface area contributed by atoms with E-state index in [4.69, 9.17) is 0 Å². The third-order valence-corrected chi connectivity index (χ3v) is 3.81. The van der Waals surface area contributed by atoms with E-state index in [0.29, 0.717) is 4.88 Å². The van der Waals surface area contributed by atoms with Gasteiger partial charge in [-0.25, -0.2) is 0 Å². The van der Waals surface area contributed by atoms with Gasteiger partial charge in [-0.2, -0.15) is 0 Å². The van der Waals surface area contributed by atoms with Crippen LogP contribution < -0.4 is 0 Å². The lowest BCUT2D eigenvalue weighted by Crippen LogP contribution is -2.30. The van der Waals surface area contributed by atoms with Crippen LogP contribution in [0.1, 0.15) is 34.1 Å². The molecule has 18 heavy (non-hydrogen) atoms. The van der Waals surface area contributed by atoms with Crippen molar-refractivity contribution in [3.05, 3.63) is 41.2 Å². The SMILES string of the molecule is O=C(c1cnns1)N1CCCC1c1cccnc1. The summed E-state index contributed by atoms with van der Waals surface area (Å²) in [6.07, 6.45) is 7.13. The predicted molar refractivity (Wildman–Crippen MR) is 67.2 cm³/mol. The van der Waals surface area contributed by atoms with Crippen LogP contribution in [0.3, 0.4) is 0 Å². The average molecular weight is 260 g/mol. The van der Waals surface area contributed by atoms with Crippen LogP contribution in [0.2, 0.25) is 0 Å². The highest BCUT2D eigenvalue weighted by Crippen LogP contribution is 2.32. The maximum Gasteiger partial charge on any atom is 0.267 e. The lowest BCUT2D eigenvalue weighted by atomic mass is 10.1. The van der Waals surface area contributed by atoms with Crippen LogP contribution in [-0.2, 0) is 0 Å². The summed E-state index contributed by atoms with van der Waals surface area (Å²) in [6, 6.07) is 4.06. The van der Waals surface area contributed by atoms with Crippen LogP contribution >= 0.6 is 11.5 Å². The Morgan fingerprint density at radius 3 is 3.11 bits per heavy atom. The Balaban J connectivity index is 1.86. The number of hydrogen-bond donors (Lipinski definition) is 0. The van der Waals surface area contributed by atoms with Crippen molar-refractivity contribution in [1.29, 1.82) is 0 Å². The zero-order chi connectivity index (χ0) is 12.4. The van der Waals surface area contributed by atoms with E-state index >= 15 is 0 Å². The molecular weight excluding hydrogens is 248 g/mol. The topological polar surface area (TPSA) is 59.0 Å². The number of aromatic nitrogens is 3. The highest BCUT2D eigenvalue weighted by Gasteiger charge is 2.31. The van der Waals surface area contributed by atoms with Crippen LogP contribution in [0.15, 0.2) is 30.7 Å². The van der Waals surface area contributed by atoms with E-state index in [1.54, 1.807) is 6.20 Å². The van der Waals surface area contributed by atoms with E-state index in [2.05, 4.69) is 14.6 Å². The van der Waals surface area contributed by atoms with E-state index in [1.165, 1.54) is 6.20 Å². The van der Waals surface area contributed by atoms with Crippen LogP contribution in [-0.4, -0.2) is 31.9 Å². The van der Waals surface area contributed by atoms with Gasteiger partial charge in [0.1, 0.15) is 4.88 Å². The minimum Gasteiger partial charge on any atom is -0.331 e. The molecule has 1 aliphatic rings. The first-order valence-corrected chi connectivity index (χ1v) is 6.62. The molecule has 3 heterocycles. The van der Waals surface area contributed by atoms with E-state index < -0.39 is 0 Å². The Kier molecular flexibility index (Phi) is 3.02. The molecular formula is C12H12N4OS. The number of carbonyl (C=O) groups excluding carboxylic acids is 1. The quantitative estimate of drug-likeness (QED) is 0.827. The minimum absolute atomic E-state index is 0.0244. The van der Waals surface area contributed by atoms with Crippen molar-refractivity contribution in [3.63, 3.8) is 0 Å². The van der Waals surface area contributed by atoms with Crippen LogP contribution in [0.25, 0.3) is 0 Å². The fourth-order valence-electron chi connectivity index (χ4n) is 2.33. The number of rotatable bonds is 2. The number of likely N-dealkylation sites (tertiary alicyclic amines) is 1. The van der Waals surface area contributed by atoms with Crippen molar-refractivity contribution in [3.8, 4) is 0 Å². The second-order valence-electron chi connectivity index (χ2n) is 4.22. The zero-order valence-corrected chi connectivity index (χ0v) is 10.5. The normalized spacial score (nSPS) is 19.1. The third kappa shape index (κ3) is 1.99. The first-order chi connectivity index (χ1) is 8.86. The van der Waals surface area contributed by atoms with Gasteiger partial charge in [0.25, 0.3) is 5.91 Å². The second-order valence-corrected chi connectivity index (χ2v) is 5.01. The molecule has 6 heteroatoms. The largest absolute Gasteiger partial charge is 0.331 e. The van der Waals surface area contributed by atoms with E-state index in [0.717, 1.165) is 36.5 Å². The minimum atomic E-state index is 0.0244. The number of nitrogens with zero attached hydrogens (tertiary/aromatic N) is 4. The van der Waals surface area contributed by atoms with Crippen LogP contribution in [0, 0.1) is 0 Å². The van der Waals surface area contributed by atoms with Crippen molar-refractivity contribution in [2.45, 2.75) is 18.9 Å². The summed E-state index contributed by atoms with van der Waals surface area (Å²) in [4.78, 5) is 19.0. The van der Waals surface area contributed by atoms with Crippen molar-refractivity contribution < 1.29 is 4.79 Å². The highest BCUT2D eigenvalue weighted by molar-refractivity contribution is 7.07. The molecule has 0 aliphatic carbocycles. The molecule has 5 nitrogen and oxygen atoms in total. The Labute approximate surface area is 109 Å². The van der Waals surface area contributed by atoms with Gasteiger partial charge in [-0.15, -0.1) is 5.10 Å². The molecule has 3 rings (SSSR count). The molecule has 0 saturated carbocycles. The molecule has 2 aromatic rings. The molecule has 92 valence electrons. The van der Waals surface area contributed by atoms with Gasteiger partial charge in [-0.3, -0.25) is 9.78 Å². The number of amides is 1. The maximum absolute atomic E-state index is 12.3. The van der Waals surface area contributed by atoms with Gasteiger partial charge >= 0.3 is 0 Å². The monoisotopic (exact) mass is 260 g/mol. The molecule has 1 fully saturated rings. The molecule has 1 saturated heterocycles. The Morgan fingerprint density at radius 1 is 1.44 bits per heavy atom. The first-order valence-electron chi connectivity index (χ1n) is 5.84. The van der Waals surface area contributed by atoms with Gasteiger partial charge < -0.3 is 4.90 Å². The number of carbonyl (C=O) groups is 1. The molecule has 2 aromatic heterocycles. The molecule has 0 aromatic carbocycles. The summed E-state index contributed by atoms with van der Waals surface area (Å²) in [5.41, 5.74) is 1.10. The highest BCUT2D eigenvalue weighted by atomic mass is 32.1. The molecule has 1 unspecified atom stereocenters. The Hall–Kier alpha value is -1.82. The molecule has 1 amide bonds. The number of pyridine rings is 1. The lowest BCUT2D eigenvalue weighted by Gasteiger charge is -2.23. The predicted octanol–water partition coefficient (Wildman–Crippen LogP) is 1.91. The second kappa shape index (κ2) is 4.81. The molecule has 0 bridgehead atoms. The Bertz CT molecular complexity index is 528.